The first-order valence-electron chi connectivity index (χ1n) is 9.43. The van der Waals surface area contributed by atoms with E-state index in [1.165, 1.54) is 17.0 Å². The van der Waals surface area contributed by atoms with Crippen molar-refractivity contribution in [2.45, 2.75) is 6.42 Å². The van der Waals surface area contributed by atoms with Gasteiger partial charge in [0.05, 0.1) is 17.2 Å². The number of hydrogen-bond donors (Lipinski definition) is 1. The number of benzene rings is 3. The fraction of sp³-hybridized carbons (Fsp3) is 0.130. The zero-order valence-electron chi connectivity index (χ0n) is 16.5. The van der Waals surface area contributed by atoms with Crippen LogP contribution in [-0.4, -0.2) is 25.6 Å². The molecular weight excluding hydrogens is 439 g/mol. The van der Waals surface area contributed by atoms with Crippen LogP contribution in [0.5, 0.6) is 17.2 Å². The van der Waals surface area contributed by atoms with Crippen LogP contribution in [0.3, 0.4) is 0 Å². The summed E-state index contributed by atoms with van der Waals surface area (Å²) in [6.45, 7) is -0.0903. The molecule has 3 amide bonds. The number of urea groups is 1. The topological polar surface area (TPSA) is 67.9 Å². The third kappa shape index (κ3) is 4.60. The molecule has 0 unspecified atom stereocenters. The molecule has 0 aliphatic carbocycles. The summed E-state index contributed by atoms with van der Waals surface area (Å²) in [5.74, 6) is 1.15. The Morgan fingerprint density at radius 3 is 2.32 bits per heavy atom. The number of anilines is 1. The average Bonchev–Trinajstić information content (AvgIpc) is 3.09. The van der Waals surface area contributed by atoms with Gasteiger partial charge < -0.3 is 9.47 Å². The van der Waals surface area contributed by atoms with Gasteiger partial charge in [0.15, 0.2) is 5.75 Å². The normalized spacial score (nSPS) is 13.3. The molecule has 4 rings (SSSR count). The highest BCUT2D eigenvalue weighted by atomic mass is 35.5. The Labute approximate surface area is 189 Å². The lowest BCUT2D eigenvalue weighted by atomic mass is 10.0. The van der Waals surface area contributed by atoms with Crippen LogP contribution in [-0.2, 0) is 11.2 Å². The Kier molecular flexibility index (Phi) is 6.02. The zero-order chi connectivity index (χ0) is 22.0. The van der Waals surface area contributed by atoms with Crippen molar-refractivity contribution in [2.24, 2.45) is 0 Å². The minimum atomic E-state index is -0.522. The monoisotopic (exact) mass is 456 g/mol. The van der Waals surface area contributed by atoms with Gasteiger partial charge in [-0.25, -0.2) is 4.79 Å². The van der Waals surface area contributed by atoms with Crippen molar-refractivity contribution in [3.63, 3.8) is 0 Å². The molecule has 0 bridgehead atoms. The molecule has 1 aliphatic rings. The predicted molar refractivity (Wildman–Crippen MR) is 120 cm³/mol. The molecule has 3 aromatic carbocycles. The number of nitrogens with one attached hydrogen (secondary N) is 1. The van der Waals surface area contributed by atoms with E-state index in [0.29, 0.717) is 17.9 Å². The molecule has 1 heterocycles. The van der Waals surface area contributed by atoms with Crippen LogP contribution in [0.2, 0.25) is 10.0 Å². The first kappa shape index (κ1) is 21.0. The molecule has 8 heteroatoms. The number of ether oxygens (including phenoxy) is 2. The predicted octanol–water partition coefficient (Wildman–Crippen LogP) is 5.44. The summed E-state index contributed by atoms with van der Waals surface area (Å²) in [5, 5.41) is 2.65. The number of amides is 3. The smallest absolute Gasteiger partial charge is 0.329 e. The maximum atomic E-state index is 11.9. The van der Waals surface area contributed by atoms with Gasteiger partial charge in [-0.1, -0.05) is 53.5 Å². The van der Waals surface area contributed by atoms with E-state index in [-0.39, 0.29) is 28.2 Å². The molecule has 1 aliphatic heterocycles. The minimum absolute atomic E-state index is 0.0903. The van der Waals surface area contributed by atoms with Gasteiger partial charge in [-0.2, -0.15) is 0 Å². The Hall–Kier alpha value is -3.22. The SMILES string of the molecule is COc1ccc(Oc2c(Cl)cc(N3CC(=O)NC3=O)cc2Cl)cc1Cc1ccccc1. The third-order valence-corrected chi connectivity index (χ3v) is 5.36. The maximum absolute atomic E-state index is 11.9. The molecule has 1 fully saturated rings. The van der Waals surface area contributed by atoms with Crippen LogP contribution in [0.25, 0.3) is 0 Å². The standard InChI is InChI=1S/C23H18Cl2N2O4/c1-30-20-8-7-17(10-15(20)9-14-5-3-2-4-6-14)31-22-18(24)11-16(12-19(22)25)27-13-21(28)26-23(27)29/h2-8,10-12H,9,13H2,1H3,(H,26,28,29). The fourth-order valence-electron chi connectivity index (χ4n) is 3.34. The lowest BCUT2D eigenvalue weighted by molar-refractivity contribution is -0.117. The van der Waals surface area contributed by atoms with E-state index < -0.39 is 6.03 Å². The Morgan fingerprint density at radius 1 is 1.00 bits per heavy atom. The molecule has 158 valence electrons. The van der Waals surface area contributed by atoms with Crippen LogP contribution >= 0.6 is 23.2 Å². The van der Waals surface area contributed by atoms with Gasteiger partial charge in [0.2, 0.25) is 5.91 Å². The van der Waals surface area contributed by atoms with Gasteiger partial charge in [-0.05, 0) is 35.9 Å². The Bertz CT molecular complexity index is 1130. The van der Waals surface area contributed by atoms with Crippen LogP contribution in [0.1, 0.15) is 11.1 Å². The Morgan fingerprint density at radius 2 is 1.71 bits per heavy atom. The summed E-state index contributed by atoms with van der Waals surface area (Å²) in [7, 11) is 1.62. The van der Waals surface area contributed by atoms with Crippen molar-refractivity contribution in [1.29, 1.82) is 0 Å². The quantitative estimate of drug-likeness (QED) is 0.501. The van der Waals surface area contributed by atoms with Crippen molar-refractivity contribution in [3.05, 3.63) is 81.8 Å². The first-order chi connectivity index (χ1) is 14.9. The molecule has 0 spiro atoms. The summed E-state index contributed by atoms with van der Waals surface area (Å²) in [6.07, 6.45) is 0.666. The van der Waals surface area contributed by atoms with Gasteiger partial charge in [-0.3, -0.25) is 15.0 Å². The fourth-order valence-corrected chi connectivity index (χ4v) is 3.89. The van der Waals surface area contributed by atoms with Crippen LogP contribution in [0, 0.1) is 0 Å². The van der Waals surface area contributed by atoms with E-state index >= 15 is 0 Å². The van der Waals surface area contributed by atoms with Crippen molar-refractivity contribution in [2.75, 3.05) is 18.6 Å². The van der Waals surface area contributed by atoms with Crippen molar-refractivity contribution < 1.29 is 19.1 Å². The molecular formula is C23H18Cl2N2O4. The highest BCUT2D eigenvalue weighted by molar-refractivity contribution is 6.37. The average molecular weight is 457 g/mol. The maximum Gasteiger partial charge on any atom is 0.329 e. The third-order valence-electron chi connectivity index (χ3n) is 4.80. The number of carbonyl (C=O) groups excluding carboxylic acids is 2. The van der Waals surface area contributed by atoms with Gasteiger partial charge in [0, 0.05) is 17.7 Å². The number of halogens is 2. The number of carbonyl (C=O) groups is 2. The summed E-state index contributed by atoms with van der Waals surface area (Å²) in [6, 6.07) is 18.0. The van der Waals surface area contributed by atoms with Gasteiger partial charge in [0.25, 0.3) is 0 Å². The molecule has 0 saturated carbocycles. The Balaban J connectivity index is 1.61. The molecule has 0 aromatic heterocycles. The molecule has 6 nitrogen and oxygen atoms in total. The number of methoxy groups -OCH3 is 1. The molecule has 31 heavy (non-hydrogen) atoms. The van der Waals surface area contributed by atoms with Crippen molar-refractivity contribution in [1.82, 2.24) is 5.32 Å². The molecule has 0 radical (unpaired) electrons. The zero-order valence-corrected chi connectivity index (χ0v) is 18.0. The number of hydrogen-bond acceptors (Lipinski definition) is 4. The van der Waals surface area contributed by atoms with E-state index in [1.54, 1.807) is 13.2 Å². The summed E-state index contributed by atoms with van der Waals surface area (Å²) in [4.78, 5) is 24.6. The number of nitrogens with zero attached hydrogens (tertiary/aromatic N) is 1. The van der Waals surface area contributed by atoms with E-state index in [9.17, 15) is 9.59 Å². The number of rotatable bonds is 6. The number of imide groups is 1. The first-order valence-corrected chi connectivity index (χ1v) is 10.2. The van der Waals surface area contributed by atoms with E-state index in [1.807, 2.05) is 42.5 Å². The van der Waals surface area contributed by atoms with Crippen molar-refractivity contribution >= 4 is 40.8 Å². The summed E-state index contributed by atoms with van der Waals surface area (Å²) >= 11 is 12.8. The lowest BCUT2D eigenvalue weighted by Gasteiger charge is -2.17. The second-order valence-electron chi connectivity index (χ2n) is 6.92. The molecule has 0 atom stereocenters. The van der Waals surface area contributed by atoms with E-state index in [4.69, 9.17) is 32.7 Å². The van der Waals surface area contributed by atoms with E-state index in [0.717, 1.165) is 16.9 Å². The van der Waals surface area contributed by atoms with Gasteiger partial charge in [0.1, 0.15) is 18.0 Å². The summed E-state index contributed by atoms with van der Waals surface area (Å²) in [5.41, 5.74) is 2.49. The second-order valence-corrected chi connectivity index (χ2v) is 7.73. The largest absolute Gasteiger partial charge is 0.496 e. The molecule has 1 N–H and O–H groups in total. The van der Waals surface area contributed by atoms with Crippen molar-refractivity contribution in [3.8, 4) is 17.2 Å². The van der Waals surface area contributed by atoms with Gasteiger partial charge in [-0.15, -0.1) is 0 Å². The highest BCUT2D eigenvalue weighted by Crippen LogP contribution is 2.41. The minimum Gasteiger partial charge on any atom is -0.496 e. The van der Waals surface area contributed by atoms with Crippen LogP contribution < -0.4 is 19.7 Å². The van der Waals surface area contributed by atoms with Crippen LogP contribution in [0.15, 0.2) is 60.7 Å². The van der Waals surface area contributed by atoms with Gasteiger partial charge >= 0.3 is 6.03 Å². The summed E-state index contributed by atoms with van der Waals surface area (Å²) < 4.78 is 11.5. The molecule has 1 saturated heterocycles. The van der Waals surface area contributed by atoms with Crippen LogP contribution in [0.4, 0.5) is 10.5 Å². The highest BCUT2D eigenvalue weighted by Gasteiger charge is 2.29. The molecule has 3 aromatic rings. The second kappa shape index (κ2) is 8.88. The lowest BCUT2D eigenvalue weighted by Crippen LogP contribution is -2.27. The van der Waals surface area contributed by atoms with E-state index in [2.05, 4.69) is 5.32 Å².